The number of carbonyl (C=O) groups is 4. The SMILES string of the molecule is COC(=O)c1ccc2c(c1)C(=O)N(c1cccc(C(=O)OCC(C)C)c1)C2=O. The second kappa shape index (κ2) is 7.64. The summed E-state index contributed by atoms with van der Waals surface area (Å²) in [5.41, 5.74) is 0.969. The fraction of sp³-hybridized carbons (Fsp3) is 0.238. The third-order valence-electron chi connectivity index (χ3n) is 4.20. The number of methoxy groups -OCH3 is 1. The molecule has 0 spiro atoms. The van der Waals surface area contributed by atoms with E-state index in [2.05, 4.69) is 4.74 Å². The summed E-state index contributed by atoms with van der Waals surface area (Å²) in [6.45, 7) is 4.11. The Labute approximate surface area is 161 Å². The van der Waals surface area contributed by atoms with Crippen molar-refractivity contribution in [3.8, 4) is 0 Å². The zero-order valence-electron chi connectivity index (χ0n) is 15.7. The van der Waals surface area contributed by atoms with Gasteiger partial charge in [-0.25, -0.2) is 14.5 Å². The van der Waals surface area contributed by atoms with Crippen molar-refractivity contribution in [1.29, 1.82) is 0 Å². The molecule has 0 fully saturated rings. The van der Waals surface area contributed by atoms with Gasteiger partial charge in [0.05, 0.1) is 41.7 Å². The molecule has 0 atom stereocenters. The summed E-state index contributed by atoms with van der Waals surface area (Å²) in [6, 6.07) is 10.3. The minimum atomic E-state index is -0.601. The fourth-order valence-electron chi connectivity index (χ4n) is 2.82. The van der Waals surface area contributed by atoms with Gasteiger partial charge < -0.3 is 9.47 Å². The van der Waals surface area contributed by atoms with E-state index in [0.717, 1.165) is 4.90 Å². The van der Waals surface area contributed by atoms with Crippen molar-refractivity contribution >= 4 is 29.4 Å². The highest BCUT2D eigenvalue weighted by Crippen LogP contribution is 2.30. The second-order valence-electron chi connectivity index (χ2n) is 6.74. The van der Waals surface area contributed by atoms with E-state index >= 15 is 0 Å². The number of anilines is 1. The zero-order chi connectivity index (χ0) is 20.4. The van der Waals surface area contributed by atoms with Gasteiger partial charge in [-0.05, 0) is 42.3 Å². The number of imide groups is 1. The van der Waals surface area contributed by atoms with Crippen molar-refractivity contribution in [2.75, 3.05) is 18.6 Å². The molecule has 0 aromatic heterocycles. The molecule has 2 aromatic carbocycles. The summed E-state index contributed by atoms with van der Waals surface area (Å²) in [6.07, 6.45) is 0. The Morgan fingerprint density at radius 1 is 0.929 bits per heavy atom. The highest BCUT2D eigenvalue weighted by atomic mass is 16.5. The molecule has 0 unspecified atom stereocenters. The van der Waals surface area contributed by atoms with E-state index in [1.807, 2.05) is 13.8 Å². The van der Waals surface area contributed by atoms with Crippen molar-refractivity contribution < 1.29 is 28.7 Å². The standard InChI is InChI=1S/C21H19NO6/c1-12(2)11-28-21(26)13-5-4-6-15(9-13)22-18(23)16-8-7-14(20(25)27-3)10-17(16)19(22)24/h4-10,12H,11H2,1-3H3. The summed E-state index contributed by atoms with van der Waals surface area (Å²) in [7, 11) is 1.23. The lowest BCUT2D eigenvalue weighted by Gasteiger charge is -2.15. The average Bonchev–Trinajstić information content (AvgIpc) is 2.95. The number of nitrogens with zero attached hydrogens (tertiary/aromatic N) is 1. The quantitative estimate of drug-likeness (QED) is 0.584. The van der Waals surface area contributed by atoms with Gasteiger partial charge in [0.25, 0.3) is 11.8 Å². The van der Waals surface area contributed by atoms with Crippen LogP contribution in [0.25, 0.3) is 0 Å². The second-order valence-corrected chi connectivity index (χ2v) is 6.74. The van der Waals surface area contributed by atoms with Gasteiger partial charge in [0.1, 0.15) is 0 Å². The van der Waals surface area contributed by atoms with Crippen LogP contribution in [0, 0.1) is 5.92 Å². The van der Waals surface area contributed by atoms with Crippen molar-refractivity contribution in [2.24, 2.45) is 5.92 Å². The van der Waals surface area contributed by atoms with E-state index < -0.39 is 23.8 Å². The minimum absolute atomic E-state index is 0.112. The number of rotatable bonds is 5. The molecule has 1 aliphatic heterocycles. The number of hydrogen-bond donors (Lipinski definition) is 0. The van der Waals surface area contributed by atoms with Crippen molar-refractivity contribution in [2.45, 2.75) is 13.8 Å². The van der Waals surface area contributed by atoms with E-state index in [4.69, 9.17) is 4.74 Å². The average molecular weight is 381 g/mol. The van der Waals surface area contributed by atoms with Crippen molar-refractivity contribution in [1.82, 2.24) is 0 Å². The largest absolute Gasteiger partial charge is 0.465 e. The molecule has 144 valence electrons. The third-order valence-corrected chi connectivity index (χ3v) is 4.20. The number of ether oxygens (including phenoxy) is 2. The Kier molecular flexibility index (Phi) is 5.26. The van der Waals surface area contributed by atoms with E-state index in [1.54, 1.807) is 18.2 Å². The summed E-state index contributed by atoms with van der Waals surface area (Å²) >= 11 is 0. The molecule has 0 saturated heterocycles. The molecular formula is C21H19NO6. The fourth-order valence-corrected chi connectivity index (χ4v) is 2.82. The molecule has 7 nitrogen and oxygen atoms in total. The number of benzene rings is 2. The Morgan fingerprint density at radius 3 is 2.29 bits per heavy atom. The topological polar surface area (TPSA) is 90.0 Å². The van der Waals surface area contributed by atoms with E-state index in [-0.39, 0.29) is 40.5 Å². The molecule has 0 N–H and O–H groups in total. The third kappa shape index (κ3) is 3.51. The Balaban J connectivity index is 1.91. The van der Waals surface area contributed by atoms with Crippen LogP contribution in [0.1, 0.15) is 55.3 Å². The van der Waals surface area contributed by atoms with Crippen molar-refractivity contribution in [3.05, 3.63) is 64.7 Å². The first-order valence-electron chi connectivity index (χ1n) is 8.71. The molecule has 2 amide bonds. The van der Waals surface area contributed by atoms with Gasteiger partial charge in [-0.15, -0.1) is 0 Å². The summed E-state index contributed by atoms with van der Waals surface area (Å²) < 4.78 is 9.85. The highest BCUT2D eigenvalue weighted by Gasteiger charge is 2.37. The number of carbonyl (C=O) groups excluding carboxylic acids is 4. The van der Waals surface area contributed by atoms with Crippen LogP contribution in [0.3, 0.4) is 0 Å². The van der Waals surface area contributed by atoms with Gasteiger partial charge in [-0.1, -0.05) is 19.9 Å². The molecule has 2 aromatic rings. The molecule has 1 aliphatic rings. The van der Waals surface area contributed by atoms with Crippen LogP contribution < -0.4 is 4.90 Å². The maximum atomic E-state index is 12.8. The summed E-state index contributed by atoms with van der Waals surface area (Å²) in [5, 5.41) is 0. The number of fused-ring (bicyclic) bond motifs is 1. The zero-order valence-corrected chi connectivity index (χ0v) is 15.7. The molecule has 7 heteroatoms. The predicted octanol–water partition coefficient (Wildman–Crippen LogP) is 3.09. The van der Waals surface area contributed by atoms with Crippen LogP contribution in [0.15, 0.2) is 42.5 Å². The normalized spacial score (nSPS) is 12.9. The van der Waals surface area contributed by atoms with Crippen LogP contribution in [0.5, 0.6) is 0 Å². The molecule has 0 aliphatic carbocycles. The van der Waals surface area contributed by atoms with E-state index in [0.29, 0.717) is 0 Å². The molecule has 0 bridgehead atoms. The maximum Gasteiger partial charge on any atom is 0.338 e. The molecule has 0 radical (unpaired) electrons. The maximum absolute atomic E-state index is 12.8. The first-order valence-corrected chi connectivity index (χ1v) is 8.71. The summed E-state index contributed by atoms with van der Waals surface area (Å²) in [5.74, 6) is -2.04. The lowest BCUT2D eigenvalue weighted by atomic mass is 10.1. The number of amides is 2. The van der Waals surface area contributed by atoms with Gasteiger partial charge in [-0.3, -0.25) is 9.59 Å². The van der Waals surface area contributed by atoms with Gasteiger partial charge in [0.2, 0.25) is 0 Å². The predicted molar refractivity (Wildman–Crippen MR) is 100 cm³/mol. The van der Waals surface area contributed by atoms with Crippen LogP contribution in [-0.2, 0) is 9.47 Å². The Morgan fingerprint density at radius 2 is 1.61 bits per heavy atom. The molecule has 1 heterocycles. The first kappa shape index (κ1) is 19.3. The van der Waals surface area contributed by atoms with Gasteiger partial charge in [-0.2, -0.15) is 0 Å². The van der Waals surface area contributed by atoms with Gasteiger partial charge in [0.15, 0.2) is 0 Å². The molecule has 3 rings (SSSR count). The summed E-state index contributed by atoms with van der Waals surface area (Å²) in [4.78, 5) is 50.4. The lowest BCUT2D eigenvalue weighted by molar-refractivity contribution is 0.0458. The Bertz CT molecular complexity index is 979. The monoisotopic (exact) mass is 381 g/mol. The smallest absolute Gasteiger partial charge is 0.338 e. The Hall–Kier alpha value is -3.48. The van der Waals surface area contributed by atoms with Crippen LogP contribution in [0.4, 0.5) is 5.69 Å². The molecular weight excluding hydrogens is 362 g/mol. The molecule has 28 heavy (non-hydrogen) atoms. The number of esters is 2. The first-order chi connectivity index (χ1) is 13.3. The number of hydrogen-bond acceptors (Lipinski definition) is 6. The van der Waals surface area contributed by atoms with Gasteiger partial charge in [0, 0.05) is 0 Å². The molecule has 0 saturated carbocycles. The van der Waals surface area contributed by atoms with E-state index in [9.17, 15) is 19.2 Å². The minimum Gasteiger partial charge on any atom is -0.465 e. The van der Waals surface area contributed by atoms with Crippen LogP contribution in [0.2, 0.25) is 0 Å². The van der Waals surface area contributed by atoms with Crippen LogP contribution >= 0.6 is 0 Å². The van der Waals surface area contributed by atoms with Gasteiger partial charge >= 0.3 is 11.9 Å². The van der Waals surface area contributed by atoms with E-state index in [1.165, 1.54) is 31.4 Å². The van der Waals surface area contributed by atoms with Crippen molar-refractivity contribution in [3.63, 3.8) is 0 Å². The van der Waals surface area contributed by atoms with Crippen LogP contribution in [-0.4, -0.2) is 37.5 Å². The lowest BCUT2D eigenvalue weighted by Crippen LogP contribution is -2.29. The highest BCUT2D eigenvalue weighted by molar-refractivity contribution is 6.34.